The molecular formula is C15H22N2. The van der Waals surface area contributed by atoms with Gasteiger partial charge in [-0.2, -0.15) is 0 Å². The predicted octanol–water partition coefficient (Wildman–Crippen LogP) is 2.66. The van der Waals surface area contributed by atoms with Crippen LogP contribution in [0.1, 0.15) is 48.8 Å². The molecule has 1 atom stereocenters. The van der Waals surface area contributed by atoms with E-state index in [-0.39, 0.29) is 0 Å². The summed E-state index contributed by atoms with van der Waals surface area (Å²) in [6.07, 6.45) is 5.43. The zero-order valence-corrected chi connectivity index (χ0v) is 10.6. The van der Waals surface area contributed by atoms with Gasteiger partial charge in [0.05, 0.1) is 0 Å². The largest absolute Gasteiger partial charge is 0.329 e. The molecule has 1 aromatic rings. The molecule has 0 saturated heterocycles. The van der Waals surface area contributed by atoms with Crippen molar-refractivity contribution < 1.29 is 0 Å². The molecule has 0 amide bonds. The summed E-state index contributed by atoms with van der Waals surface area (Å²) in [6.45, 7) is 0.718. The van der Waals surface area contributed by atoms with Crippen LogP contribution in [0, 0.1) is 0 Å². The number of likely N-dealkylation sites (N-methyl/N-ethyl adjacent to an activating group) is 1. The molecule has 17 heavy (non-hydrogen) atoms. The van der Waals surface area contributed by atoms with Gasteiger partial charge in [-0.1, -0.05) is 24.3 Å². The van der Waals surface area contributed by atoms with E-state index < -0.39 is 0 Å². The second kappa shape index (κ2) is 4.43. The van der Waals surface area contributed by atoms with Gasteiger partial charge in [0.25, 0.3) is 0 Å². The maximum Gasteiger partial charge on any atom is 0.0470 e. The summed E-state index contributed by atoms with van der Waals surface area (Å²) in [7, 11) is 2.21. The molecule has 1 aromatic carbocycles. The van der Waals surface area contributed by atoms with Crippen LogP contribution in [0.15, 0.2) is 24.3 Å². The molecule has 0 aliphatic heterocycles. The second-order valence-electron chi connectivity index (χ2n) is 5.59. The predicted molar refractivity (Wildman–Crippen MR) is 71.0 cm³/mol. The Morgan fingerprint density at radius 1 is 1.18 bits per heavy atom. The van der Waals surface area contributed by atoms with E-state index in [9.17, 15) is 0 Å². The molecule has 2 fully saturated rings. The molecule has 0 bridgehead atoms. The van der Waals surface area contributed by atoms with Crippen molar-refractivity contribution in [2.45, 2.75) is 43.7 Å². The van der Waals surface area contributed by atoms with Crippen molar-refractivity contribution in [1.29, 1.82) is 0 Å². The lowest BCUT2D eigenvalue weighted by Crippen LogP contribution is -2.32. The van der Waals surface area contributed by atoms with Crippen LogP contribution in [0.25, 0.3) is 0 Å². The van der Waals surface area contributed by atoms with E-state index in [0.29, 0.717) is 6.04 Å². The summed E-state index contributed by atoms with van der Waals surface area (Å²) < 4.78 is 0. The van der Waals surface area contributed by atoms with Crippen LogP contribution in [0.4, 0.5) is 0 Å². The molecule has 3 rings (SSSR count). The van der Waals surface area contributed by atoms with Crippen molar-refractivity contribution >= 4 is 0 Å². The number of hydrogen-bond acceptors (Lipinski definition) is 2. The minimum absolute atomic E-state index is 0.399. The first-order valence-electron chi connectivity index (χ1n) is 6.81. The molecule has 2 heteroatoms. The minimum atomic E-state index is 0.399. The number of benzene rings is 1. The minimum Gasteiger partial charge on any atom is -0.329 e. The van der Waals surface area contributed by atoms with Crippen molar-refractivity contribution in [3.05, 3.63) is 35.4 Å². The SMILES string of the molecule is CN(C1CC1)C(CN)c1ccc(C2CC2)cc1. The van der Waals surface area contributed by atoms with Crippen LogP contribution in [-0.4, -0.2) is 24.5 Å². The van der Waals surface area contributed by atoms with Crippen LogP contribution in [0.2, 0.25) is 0 Å². The van der Waals surface area contributed by atoms with Gasteiger partial charge in [0.15, 0.2) is 0 Å². The number of hydrogen-bond donors (Lipinski definition) is 1. The van der Waals surface area contributed by atoms with E-state index in [0.717, 1.165) is 18.5 Å². The Bertz CT molecular complexity index is 376. The first kappa shape index (κ1) is 11.2. The topological polar surface area (TPSA) is 29.3 Å². The van der Waals surface area contributed by atoms with Crippen LogP contribution in [0.5, 0.6) is 0 Å². The van der Waals surface area contributed by atoms with E-state index >= 15 is 0 Å². The molecule has 2 nitrogen and oxygen atoms in total. The molecule has 2 N–H and O–H groups in total. The van der Waals surface area contributed by atoms with E-state index in [1.165, 1.54) is 36.8 Å². The Morgan fingerprint density at radius 3 is 2.29 bits per heavy atom. The molecule has 0 aromatic heterocycles. The van der Waals surface area contributed by atoms with Crippen LogP contribution in [0.3, 0.4) is 0 Å². The average Bonchev–Trinajstić information content (AvgIpc) is 3.20. The second-order valence-corrected chi connectivity index (χ2v) is 5.59. The van der Waals surface area contributed by atoms with Gasteiger partial charge in [-0.05, 0) is 49.8 Å². The number of nitrogens with zero attached hydrogens (tertiary/aromatic N) is 1. The first-order chi connectivity index (χ1) is 8.29. The summed E-state index contributed by atoms with van der Waals surface area (Å²) >= 11 is 0. The van der Waals surface area contributed by atoms with Crippen LogP contribution < -0.4 is 5.73 Å². The van der Waals surface area contributed by atoms with Crippen molar-refractivity contribution in [3.8, 4) is 0 Å². The Hall–Kier alpha value is -0.860. The van der Waals surface area contributed by atoms with Gasteiger partial charge >= 0.3 is 0 Å². The van der Waals surface area contributed by atoms with Crippen molar-refractivity contribution in [1.82, 2.24) is 4.90 Å². The van der Waals surface area contributed by atoms with E-state index in [1.807, 2.05) is 0 Å². The van der Waals surface area contributed by atoms with Gasteiger partial charge in [0.2, 0.25) is 0 Å². The third-order valence-corrected chi connectivity index (χ3v) is 4.21. The Labute approximate surface area is 104 Å². The summed E-state index contributed by atoms with van der Waals surface area (Å²) in [5.41, 5.74) is 8.83. The smallest absolute Gasteiger partial charge is 0.0470 e. The monoisotopic (exact) mass is 230 g/mol. The molecule has 2 saturated carbocycles. The Balaban J connectivity index is 1.75. The standard InChI is InChI=1S/C15H22N2/c1-17(14-8-9-14)15(10-16)13-6-4-12(5-7-13)11-2-3-11/h4-7,11,14-15H,2-3,8-10,16H2,1H3. The van der Waals surface area contributed by atoms with E-state index in [1.54, 1.807) is 0 Å². The van der Waals surface area contributed by atoms with E-state index in [4.69, 9.17) is 5.73 Å². The quantitative estimate of drug-likeness (QED) is 0.842. The number of rotatable bonds is 5. The highest BCUT2D eigenvalue weighted by Crippen LogP contribution is 2.40. The average molecular weight is 230 g/mol. The molecule has 2 aliphatic carbocycles. The zero-order chi connectivity index (χ0) is 11.8. The first-order valence-corrected chi connectivity index (χ1v) is 6.81. The summed E-state index contributed by atoms with van der Waals surface area (Å²) in [6, 6.07) is 10.3. The lowest BCUT2D eigenvalue weighted by Gasteiger charge is -2.27. The molecule has 1 unspecified atom stereocenters. The molecule has 0 heterocycles. The third kappa shape index (κ3) is 2.38. The van der Waals surface area contributed by atoms with Crippen molar-refractivity contribution in [3.63, 3.8) is 0 Å². The fourth-order valence-corrected chi connectivity index (χ4v) is 2.68. The highest BCUT2D eigenvalue weighted by atomic mass is 15.2. The molecule has 2 aliphatic rings. The van der Waals surface area contributed by atoms with Gasteiger partial charge in [-0.25, -0.2) is 0 Å². The lowest BCUT2D eigenvalue weighted by molar-refractivity contribution is 0.240. The van der Waals surface area contributed by atoms with Crippen molar-refractivity contribution in [2.24, 2.45) is 5.73 Å². The fraction of sp³-hybridized carbons (Fsp3) is 0.600. The van der Waals surface area contributed by atoms with Gasteiger partial charge in [0.1, 0.15) is 0 Å². The van der Waals surface area contributed by atoms with Crippen LogP contribution >= 0.6 is 0 Å². The molecule has 92 valence electrons. The highest BCUT2D eigenvalue weighted by molar-refractivity contribution is 5.30. The zero-order valence-electron chi connectivity index (χ0n) is 10.6. The van der Waals surface area contributed by atoms with Gasteiger partial charge in [-0.15, -0.1) is 0 Å². The molecule has 0 radical (unpaired) electrons. The number of nitrogens with two attached hydrogens (primary N) is 1. The molecule has 0 spiro atoms. The Morgan fingerprint density at radius 2 is 1.82 bits per heavy atom. The maximum absolute atomic E-state index is 5.94. The molecular weight excluding hydrogens is 208 g/mol. The highest BCUT2D eigenvalue weighted by Gasteiger charge is 2.31. The summed E-state index contributed by atoms with van der Waals surface area (Å²) in [5, 5.41) is 0. The summed E-state index contributed by atoms with van der Waals surface area (Å²) in [5.74, 6) is 0.849. The normalized spacial score (nSPS) is 21.8. The van der Waals surface area contributed by atoms with Gasteiger partial charge in [0, 0.05) is 18.6 Å². The Kier molecular flexibility index (Phi) is 2.93. The third-order valence-electron chi connectivity index (χ3n) is 4.21. The van der Waals surface area contributed by atoms with Crippen LogP contribution in [-0.2, 0) is 0 Å². The lowest BCUT2D eigenvalue weighted by atomic mass is 10.0. The van der Waals surface area contributed by atoms with Gasteiger partial charge in [-0.3, -0.25) is 4.90 Å². The van der Waals surface area contributed by atoms with E-state index in [2.05, 4.69) is 36.2 Å². The summed E-state index contributed by atoms with van der Waals surface area (Å²) in [4.78, 5) is 2.45. The maximum atomic E-state index is 5.94. The van der Waals surface area contributed by atoms with Gasteiger partial charge < -0.3 is 5.73 Å². The van der Waals surface area contributed by atoms with Crippen molar-refractivity contribution in [2.75, 3.05) is 13.6 Å². The fourth-order valence-electron chi connectivity index (χ4n) is 2.68.